The predicted molar refractivity (Wildman–Crippen MR) is 133 cm³/mol. The fraction of sp³-hybridized carbons (Fsp3) is 0.185. The Bertz CT molecular complexity index is 1400. The summed E-state index contributed by atoms with van der Waals surface area (Å²) >= 11 is 0. The number of fused-ring (bicyclic) bond motifs is 1. The first-order chi connectivity index (χ1) is 17.6. The molecule has 3 aromatic rings. The molecule has 1 aromatic heterocycles. The number of ketones is 2. The minimum Gasteiger partial charge on any atom is -0.493 e. The highest BCUT2D eigenvalue weighted by Crippen LogP contribution is 2.34. The fourth-order valence-corrected chi connectivity index (χ4v) is 3.32. The third-order valence-electron chi connectivity index (χ3n) is 5.07. The second-order valence-corrected chi connectivity index (χ2v) is 7.46. The zero-order valence-corrected chi connectivity index (χ0v) is 19.7. The van der Waals surface area contributed by atoms with Crippen LogP contribution in [0.5, 0.6) is 11.5 Å². The van der Waals surface area contributed by atoms with Crippen molar-refractivity contribution in [2.45, 2.75) is 0 Å². The Balaban J connectivity index is 1.48. The maximum atomic E-state index is 12.7. The molecule has 9 nitrogen and oxygen atoms in total. The van der Waals surface area contributed by atoms with Crippen LogP contribution >= 0.6 is 0 Å². The maximum absolute atomic E-state index is 12.7. The topological polar surface area (TPSA) is 109 Å². The average molecular weight is 485 g/mol. The molecule has 0 amide bonds. The van der Waals surface area contributed by atoms with Crippen LogP contribution < -0.4 is 14.8 Å². The van der Waals surface area contributed by atoms with E-state index in [4.69, 9.17) is 18.9 Å². The van der Waals surface area contributed by atoms with Crippen LogP contribution in [0, 0.1) is 11.8 Å². The molecule has 0 fully saturated rings. The van der Waals surface area contributed by atoms with Crippen LogP contribution in [0.2, 0.25) is 0 Å². The zero-order valence-electron chi connectivity index (χ0n) is 19.7. The summed E-state index contributed by atoms with van der Waals surface area (Å²) < 4.78 is 21.6. The lowest BCUT2D eigenvalue weighted by molar-refractivity contribution is -0.117. The molecular weight excluding hydrogens is 462 g/mol. The Morgan fingerprint density at radius 1 is 0.917 bits per heavy atom. The first-order valence-electron chi connectivity index (χ1n) is 11.0. The molecule has 0 spiro atoms. The van der Waals surface area contributed by atoms with Gasteiger partial charge >= 0.3 is 0 Å². The first-order valence-corrected chi connectivity index (χ1v) is 11.0. The molecule has 4 rings (SSSR count). The van der Waals surface area contributed by atoms with Crippen LogP contribution in [0.25, 0.3) is 10.9 Å². The number of aromatic nitrogens is 2. The molecule has 0 radical (unpaired) electrons. The molecule has 0 unspecified atom stereocenters. The smallest absolute Gasteiger partial charge is 0.222 e. The van der Waals surface area contributed by atoms with Crippen molar-refractivity contribution in [3.63, 3.8) is 0 Å². The minimum atomic E-state index is -0.455. The molecule has 9 heteroatoms. The lowest BCUT2D eigenvalue weighted by Gasteiger charge is -2.16. The van der Waals surface area contributed by atoms with E-state index in [1.807, 2.05) is 30.3 Å². The fourth-order valence-electron chi connectivity index (χ4n) is 3.32. The lowest BCUT2D eigenvalue weighted by Crippen LogP contribution is -2.20. The van der Waals surface area contributed by atoms with Crippen molar-refractivity contribution < 1.29 is 28.5 Å². The van der Waals surface area contributed by atoms with Gasteiger partial charge in [0.15, 0.2) is 17.3 Å². The minimum absolute atomic E-state index is 0.0263. The first kappa shape index (κ1) is 24.4. The van der Waals surface area contributed by atoms with Crippen LogP contribution in [0.3, 0.4) is 0 Å². The number of ether oxygens (including phenoxy) is 4. The van der Waals surface area contributed by atoms with Crippen molar-refractivity contribution in [1.82, 2.24) is 9.97 Å². The number of allylic oxidation sites excluding steroid dienone is 2. The van der Waals surface area contributed by atoms with Crippen LogP contribution in [0.15, 0.2) is 72.4 Å². The van der Waals surface area contributed by atoms with Crippen molar-refractivity contribution in [1.29, 1.82) is 0 Å². The number of hydrogen-bond donors (Lipinski definition) is 1. The van der Waals surface area contributed by atoms with Crippen LogP contribution in [0.4, 0.5) is 5.82 Å². The lowest BCUT2D eigenvalue weighted by atomic mass is 10.1. The Hall–Kier alpha value is -4.68. The number of rotatable bonds is 9. The van der Waals surface area contributed by atoms with E-state index in [0.717, 1.165) is 11.6 Å². The van der Waals surface area contributed by atoms with E-state index >= 15 is 0 Å². The molecule has 36 heavy (non-hydrogen) atoms. The van der Waals surface area contributed by atoms with Gasteiger partial charge in [-0.2, -0.15) is 0 Å². The van der Waals surface area contributed by atoms with E-state index in [0.29, 0.717) is 41.4 Å². The van der Waals surface area contributed by atoms with Crippen molar-refractivity contribution in [3.8, 4) is 23.3 Å². The molecule has 2 aromatic carbocycles. The standard InChI is InChI=1S/C27H23N3O6/c1-33-11-12-36-26-15-20-19(13-25(26)34-2)27(29-17-28-20)30-21-14-23(32)24(16-22(21)31)35-10-6-9-18-7-4-3-5-8-18/h3-5,7-8,13-17H,10-12H2,1-2H3,(H,28,29,30). The summed E-state index contributed by atoms with van der Waals surface area (Å²) in [6, 6.07) is 12.8. The number of benzene rings is 2. The summed E-state index contributed by atoms with van der Waals surface area (Å²) in [6.45, 7) is 0.731. The van der Waals surface area contributed by atoms with E-state index in [1.165, 1.54) is 19.5 Å². The number of hydrogen-bond acceptors (Lipinski definition) is 9. The summed E-state index contributed by atoms with van der Waals surface area (Å²) in [5, 5.41) is 3.51. The molecule has 1 aliphatic carbocycles. The molecule has 0 bridgehead atoms. The third-order valence-corrected chi connectivity index (χ3v) is 5.07. The van der Waals surface area contributed by atoms with Gasteiger partial charge < -0.3 is 24.3 Å². The number of nitrogens with one attached hydrogen (secondary N) is 1. The average Bonchev–Trinajstić information content (AvgIpc) is 2.89. The van der Waals surface area contributed by atoms with E-state index in [-0.39, 0.29) is 18.1 Å². The highest BCUT2D eigenvalue weighted by molar-refractivity contribution is 6.20. The van der Waals surface area contributed by atoms with Crippen molar-refractivity contribution in [3.05, 3.63) is 78.0 Å². The molecule has 1 heterocycles. The Morgan fingerprint density at radius 2 is 1.75 bits per heavy atom. The van der Waals surface area contributed by atoms with Crippen LogP contribution in [-0.2, 0) is 19.1 Å². The van der Waals surface area contributed by atoms with Gasteiger partial charge in [0.05, 0.1) is 24.9 Å². The summed E-state index contributed by atoms with van der Waals surface area (Å²) in [5.41, 5.74) is 1.45. The Labute approximate surface area is 207 Å². The van der Waals surface area contributed by atoms with E-state index in [9.17, 15) is 9.59 Å². The van der Waals surface area contributed by atoms with Gasteiger partial charge in [-0.1, -0.05) is 30.0 Å². The Morgan fingerprint density at radius 3 is 2.53 bits per heavy atom. The number of methoxy groups -OCH3 is 2. The SMILES string of the molecule is COCCOc1cc2ncnc(NC3=CC(=O)C(OCC#Cc4ccccc4)=CC3=O)c2cc1OC. The number of anilines is 1. The monoisotopic (exact) mass is 485 g/mol. The maximum Gasteiger partial charge on any atom is 0.222 e. The van der Waals surface area contributed by atoms with Crippen LogP contribution in [-0.4, -0.2) is 55.6 Å². The van der Waals surface area contributed by atoms with E-state index in [1.54, 1.807) is 19.2 Å². The predicted octanol–water partition coefficient (Wildman–Crippen LogP) is 3.06. The molecule has 0 aliphatic heterocycles. The molecule has 1 N–H and O–H groups in total. The molecular formula is C27H23N3O6. The second-order valence-electron chi connectivity index (χ2n) is 7.46. The largest absolute Gasteiger partial charge is 0.493 e. The Kier molecular flexibility index (Phi) is 7.90. The summed E-state index contributed by atoms with van der Waals surface area (Å²) in [6.07, 6.45) is 3.66. The van der Waals surface area contributed by atoms with Gasteiger partial charge in [0, 0.05) is 36.3 Å². The molecule has 0 saturated heterocycles. The highest BCUT2D eigenvalue weighted by Gasteiger charge is 2.23. The number of nitrogens with zero attached hydrogens (tertiary/aromatic N) is 2. The summed E-state index contributed by atoms with van der Waals surface area (Å²) in [5.74, 6) is 6.09. The zero-order chi connectivity index (χ0) is 25.3. The van der Waals surface area contributed by atoms with Crippen molar-refractivity contribution in [2.75, 3.05) is 39.4 Å². The third kappa shape index (κ3) is 5.87. The van der Waals surface area contributed by atoms with Gasteiger partial charge in [0.25, 0.3) is 0 Å². The molecule has 0 saturated carbocycles. The normalized spacial score (nSPS) is 12.8. The van der Waals surface area contributed by atoms with Gasteiger partial charge in [-0.25, -0.2) is 9.97 Å². The number of carbonyl (C=O) groups excluding carboxylic acids is 2. The second kappa shape index (κ2) is 11.6. The number of carbonyl (C=O) groups is 2. The van der Waals surface area contributed by atoms with Crippen molar-refractivity contribution in [2.24, 2.45) is 0 Å². The molecule has 0 atom stereocenters. The highest BCUT2D eigenvalue weighted by atomic mass is 16.5. The van der Waals surface area contributed by atoms with E-state index < -0.39 is 11.6 Å². The van der Waals surface area contributed by atoms with Gasteiger partial charge in [-0.3, -0.25) is 9.59 Å². The molecule has 1 aliphatic rings. The summed E-state index contributed by atoms with van der Waals surface area (Å²) in [4.78, 5) is 33.8. The van der Waals surface area contributed by atoms with Crippen molar-refractivity contribution >= 4 is 28.3 Å². The van der Waals surface area contributed by atoms with E-state index in [2.05, 4.69) is 27.1 Å². The van der Waals surface area contributed by atoms with Gasteiger partial charge in [-0.15, -0.1) is 0 Å². The van der Waals surface area contributed by atoms with Gasteiger partial charge in [-0.05, 0) is 18.2 Å². The van der Waals surface area contributed by atoms with Gasteiger partial charge in [0.1, 0.15) is 25.4 Å². The summed E-state index contributed by atoms with van der Waals surface area (Å²) in [7, 11) is 3.10. The van der Waals surface area contributed by atoms with Gasteiger partial charge in [0.2, 0.25) is 11.6 Å². The quantitative estimate of drug-likeness (QED) is 0.278. The van der Waals surface area contributed by atoms with Crippen LogP contribution in [0.1, 0.15) is 5.56 Å². The molecule has 182 valence electrons.